The second-order valence-electron chi connectivity index (χ2n) is 6.49. The van der Waals surface area contributed by atoms with Crippen LogP contribution in [0.3, 0.4) is 0 Å². The number of carboxylic acid groups (broad SMARTS) is 1. The largest absolute Gasteiger partial charge is 0.481 e. The molecule has 1 fully saturated rings. The maximum Gasteiger partial charge on any atom is 0.310 e. The van der Waals surface area contributed by atoms with E-state index in [4.69, 9.17) is 4.74 Å². The number of carboxylic acids is 1. The summed E-state index contributed by atoms with van der Waals surface area (Å²) in [6.45, 7) is 3.46. The first kappa shape index (κ1) is 17.8. The fraction of sp³-hybridized carbons (Fsp3) is 0.368. The van der Waals surface area contributed by atoms with E-state index in [0.717, 1.165) is 4.90 Å². The van der Waals surface area contributed by atoms with E-state index in [2.05, 4.69) is 6.58 Å². The van der Waals surface area contributed by atoms with Crippen LogP contribution in [0.4, 0.5) is 0 Å². The summed E-state index contributed by atoms with van der Waals surface area (Å²) in [5.41, 5.74) is 0.659. The highest BCUT2D eigenvalue weighted by atomic mass is 16.5. The fourth-order valence-electron chi connectivity index (χ4n) is 3.80. The average molecular weight is 357 g/mol. The van der Waals surface area contributed by atoms with E-state index in [1.807, 2.05) is 0 Å². The summed E-state index contributed by atoms with van der Waals surface area (Å²) in [5.74, 6) is -4.75. The van der Waals surface area contributed by atoms with Crippen molar-refractivity contribution >= 4 is 23.8 Å². The maximum absolute atomic E-state index is 12.5. The quantitative estimate of drug-likeness (QED) is 0.473. The van der Waals surface area contributed by atoms with E-state index in [1.54, 1.807) is 24.3 Å². The van der Waals surface area contributed by atoms with Crippen LogP contribution in [0.1, 0.15) is 33.6 Å². The Morgan fingerprint density at radius 3 is 2.35 bits per heavy atom. The number of hydrogen-bond donors (Lipinski definition) is 1. The Labute approximate surface area is 150 Å². The van der Waals surface area contributed by atoms with Crippen molar-refractivity contribution in [2.24, 2.45) is 17.8 Å². The molecule has 0 aromatic heterocycles. The number of aliphatic carboxylic acids is 1. The van der Waals surface area contributed by atoms with Crippen molar-refractivity contribution in [1.82, 2.24) is 4.90 Å². The molecule has 3 rings (SSSR count). The molecule has 26 heavy (non-hydrogen) atoms. The minimum absolute atomic E-state index is 0.00395. The molecule has 0 spiro atoms. The van der Waals surface area contributed by atoms with Gasteiger partial charge in [0.2, 0.25) is 0 Å². The summed E-state index contributed by atoms with van der Waals surface area (Å²) in [7, 11) is 0. The molecular formula is C19H19NO6. The van der Waals surface area contributed by atoms with Crippen LogP contribution in [-0.4, -0.2) is 46.9 Å². The summed E-state index contributed by atoms with van der Waals surface area (Å²) >= 11 is 0. The van der Waals surface area contributed by atoms with Gasteiger partial charge in [0.25, 0.3) is 11.8 Å². The lowest BCUT2D eigenvalue weighted by molar-refractivity contribution is -0.157. The molecule has 0 bridgehead atoms. The number of carbonyl (C=O) groups is 4. The Morgan fingerprint density at radius 2 is 1.81 bits per heavy atom. The number of hydrogen-bond acceptors (Lipinski definition) is 5. The van der Waals surface area contributed by atoms with Crippen molar-refractivity contribution in [3.05, 3.63) is 48.0 Å². The lowest BCUT2D eigenvalue weighted by Gasteiger charge is -2.24. The molecule has 0 saturated heterocycles. The number of carbonyl (C=O) groups excluding carboxylic acids is 3. The molecule has 7 heteroatoms. The molecule has 2 aliphatic rings. The lowest BCUT2D eigenvalue weighted by atomic mass is 9.89. The third kappa shape index (κ3) is 3.00. The second-order valence-corrected chi connectivity index (χ2v) is 6.49. The first-order valence-electron chi connectivity index (χ1n) is 8.41. The van der Waals surface area contributed by atoms with Gasteiger partial charge in [0, 0.05) is 6.54 Å². The average Bonchev–Trinajstić information content (AvgIpc) is 3.16. The summed E-state index contributed by atoms with van der Waals surface area (Å²) in [5, 5.41) is 9.41. The number of amides is 2. The monoisotopic (exact) mass is 357 g/mol. The zero-order chi connectivity index (χ0) is 18.8. The van der Waals surface area contributed by atoms with Gasteiger partial charge >= 0.3 is 11.9 Å². The molecule has 7 nitrogen and oxygen atoms in total. The van der Waals surface area contributed by atoms with Crippen LogP contribution in [0.15, 0.2) is 36.9 Å². The van der Waals surface area contributed by atoms with Crippen LogP contribution in [0.25, 0.3) is 0 Å². The third-order valence-corrected chi connectivity index (χ3v) is 5.02. The maximum atomic E-state index is 12.5. The second kappa shape index (κ2) is 7.11. The standard InChI is InChI=1S/C19H19NO6/c1-2-9-26-19(25)15-11(7-8-14(15)18(23)24)10-20-16(21)12-5-3-4-6-13(12)17(20)22/h2-6,11,14-15H,1,7-10H2,(H,23,24)/t11-,14-,15-/m0/s1. The fourth-order valence-corrected chi connectivity index (χ4v) is 3.80. The Morgan fingerprint density at radius 1 is 1.19 bits per heavy atom. The van der Waals surface area contributed by atoms with Gasteiger partial charge in [0.05, 0.1) is 23.0 Å². The number of nitrogens with zero attached hydrogens (tertiary/aromatic N) is 1. The van der Waals surface area contributed by atoms with Gasteiger partial charge in [-0.15, -0.1) is 0 Å². The summed E-state index contributed by atoms with van der Waals surface area (Å²) in [4.78, 5) is 50.0. The van der Waals surface area contributed by atoms with E-state index in [0.29, 0.717) is 24.0 Å². The van der Waals surface area contributed by atoms with Gasteiger partial charge in [-0.05, 0) is 30.9 Å². The molecular weight excluding hydrogens is 338 g/mol. The summed E-state index contributed by atoms with van der Waals surface area (Å²) in [6.07, 6.45) is 2.14. The number of ether oxygens (including phenoxy) is 1. The van der Waals surface area contributed by atoms with Crippen LogP contribution in [0.2, 0.25) is 0 Å². The molecule has 0 unspecified atom stereocenters. The molecule has 1 aliphatic carbocycles. The third-order valence-electron chi connectivity index (χ3n) is 5.02. The Bertz CT molecular complexity index is 751. The number of imide groups is 1. The van der Waals surface area contributed by atoms with E-state index in [1.165, 1.54) is 6.08 Å². The molecule has 1 N–H and O–H groups in total. The van der Waals surface area contributed by atoms with E-state index < -0.39 is 41.5 Å². The first-order chi connectivity index (χ1) is 12.5. The molecule has 1 aromatic rings. The van der Waals surface area contributed by atoms with Crippen molar-refractivity contribution in [3.8, 4) is 0 Å². The SMILES string of the molecule is C=CCOC(=O)[C@H]1[C@H](CN2C(=O)c3ccccc3C2=O)CC[C@@H]1C(=O)O. The van der Waals surface area contributed by atoms with Crippen LogP contribution >= 0.6 is 0 Å². The molecule has 136 valence electrons. The van der Waals surface area contributed by atoms with Gasteiger partial charge in [-0.25, -0.2) is 0 Å². The predicted octanol–water partition coefficient (Wildman–Crippen LogP) is 1.74. The Kier molecular flexibility index (Phi) is 4.88. The van der Waals surface area contributed by atoms with Gasteiger partial charge in [-0.3, -0.25) is 24.1 Å². The normalized spacial score (nSPS) is 24.5. The van der Waals surface area contributed by atoms with Crippen molar-refractivity contribution in [1.29, 1.82) is 0 Å². The number of benzene rings is 1. The first-order valence-corrected chi connectivity index (χ1v) is 8.41. The number of esters is 1. The van der Waals surface area contributed by atoms with Crippen LogP contribution in [0.5, 0.6) is 0 Å². The minimum atomic E-state index is -1.07. The van der Waals surface area contributed by atoms with Gasteiger partial charge in [-0.2, -0.15) is 0 Å². The molecule has 3 atom stereocenters. The van der Waals surface area contributed by atoms with Crippen molar-refractivity contribution in [2.45, 2.75) is 12.8 Å². The number of rotatable bonds is 6. The highest BCUT2D eigenvalue weighted by Crippen LogP contribution is 2.40. The van der Waals surface area contributed by atoms with Crippen molar-refractivity contribution in [2.75, 3.05) is 13.2 Å². The van der Waals surface area contributed by atoms with Crippen molar-refractivity contribution < 1.29 is 29.0 Å². The zero-order valence-corrected chi connectivity index (χ0v) is 14.1. The van der Waals surface area contributed by atoms with Crippen molar-refractivity contribution in [3.63, 3.8) is 0 Å². The van der Waals surface area contributed by atoms with Crippen LogP contribution < -0.4 is 0 Å². The summed E-state index contributed by atoms with van der Waals surface area (Å²) < 4.78 is 5.06. The van der Waals surface area contributed by atoms with E-state index >= 15 is 0 Å². The van der Waals surface area contributed by atoms with Crippen LogP contribution in [-0.2, 0) is 14.3 Å². The molecule has 1 heterocycles. The molecule has 1 aromatic carbocycles. The van der Waals surface area contributed by atoms with Gasteiger partial charge in [0.15, 0.2) is 0 Å². The topological polar surface area (TPSA) is 101 Å². The van der Waals surface area contributed by atoms with Gasteiger partial charge in [-0.1, -0.05) is 24.8 Å². The predicted molar refractivity (Wildman–Crippen MR) is 90.3 cm³/mol. The van der Waals surface area contributed by atoms with E-state index in [-0.39, 0.29) is 13.2 Å². The van der Waals surface area contributed by atoms with Gasteiger partial charge < -0.3 is 9.84 Å². The smallest absolute Gasteiger partial charge is 0.310 e. The lowest BCUT2D eigenvalue weighted by Crippen LogP contribution is -2.39. The van der Waals surface area contributed by atoms with Crippen LogP contribution in [0, 0.1) is 17.8 Å². The number of fused-ring (bicyclic) bond motifs is 1. The molecule has 2 amide bonds. The highest BCUT2D eigenvalue weighted by Gasteiger charge is 2.48. The molecule has 1 aliphatic heterocycles. The Balaban J connectivity index is 1.81. The Hall–Kier alpha value is -2.96. The molecule has 1 saturated carbocycles. The minimum Gasteiger partial charge on any atom is -0.481 e. The zero-order valence-electron chi connectivity index (χ0n) is 14.1. The highest BCUT2D eigenvalue weighted by molar-refractivity contribution is 6.21. The summed E-state index contributed by atoms with van der Waals surface area (Å²) in [6, 6.07) is 6.53. The van der Waals surface area contributed by atoms with E-state index in [9.17, 15) is 24.3 Å². The molecule has 0 radical (unpaired) electrons. The van der Waals surface area contributed by atoms with Gasteiger partial charge in [0.1, 0.15) is 6.61 Å².